The molecule has 0 spiro atoms. The van der Waals surface area contributed by atoms with Gasteiger partial charge in [0.2, 0.25) is 0 Å². The first-order valence-corrected chi connectivity index (χ1v) is 11.6. The molecule has 1 aliphatic rings. The van der Waals surface area contributed by atoms with Crippen molar-refractivity contribution in [1.29, 1.82) is 0 Å². The van der Waals surface area contributed by atoms with E-state index in [1.165, 1.54) is 17.1 Å². The summed E-state index contributed by atoms with van der Waals surface area (Å²) in [6.07, 6.45) is 3.35. The standard InChI is InChI=1S/C23H25ClN4OS/c1-17-6-7-18(14-27-8-10-30-11-9-27)12-22(17)26-23(29)20-13-25-28(16-20)15-19-4-2-3-5-21(19)24/h2-7,12-13,16H,8-11,14-15H2,1H3,(H,26,29). The number of nitrogens with zero attached hydrogens (tertiary/aromatic N) is 3. The Hall–Kier alpha value is -2.28. The number of nitrogens with one attached hydrogen (secondary N) is 1. The summed E-state index contributed by atoms with van der Waals surface area (Å²) < 4.78 is 1.73. The van der Waals surface area contributed by atoms with Gasteiger partial charge >= 0.3 is 0 Å². The van der Waals surface area contributed by atoms with Gasteiger partial charge in [-0.3, -0.25) is 14.4 Å². The average molecular weight is 441 g/mol. The number of rotatable bonds is 6. The van der Waals surface area contributed by atoms with Crippen molar-refractivity contribution in [2.75, 3.05) is 29.9 Å². The van der Waals surface area contributed by atoms with E-state index in [1.807, 2.05) is 43.0 Å². The monoisotopic (exact) mass is 440 g/mol. The van der Waals surface area contributed by atoms with Gasteiger partial charge in [0.05, 0.1) is 18.3 Å². The highest BCUT2D eigenvalue weighted by Crippen LogP contribution is 2.21. The summed E-state index contributed by atoms with van der Waals surface area (Å²) in [5.74, 6) is 2.22. The van der Waals surface area contributed by atoms with Crippen molar-refractivity contribution in [3.8, 4) is 0 Å². The lowest BCUT2D eigenvalue weighted by atomic mass is 10.1. The molecule has 0 unspecified atom stereocenters. The van der Waals surface area contributed by atoms with Gasteiger partial charge in [0.1, 0.15) is 0 Å². The van der Waals surface area contributed by atoms with E-state index < -0.39 is 0 Å². The fourth-order valence-electron chi connectivity index (χ4n) is 3.48. The Labute approximate surface area is 186 Å². The van der Waals surface area contributed by atoms with Crippen LogP contribution in [0.5, 0.6) is 0 Å². The van der Waals surface area contributed by atoms with Gasteiger partial charge in [-0.25, -0.2) is 0 Å². The summed E-state index contributed by atoms with van der Waals surface area (Å²) in [5, 5.41) is 8.07. The minimum Gasteiger partial charge on any atom is -0.322 e. The number of hydrogen-bond donors (Lipinski definition) is 1. The number of amides is 1. The minimum atomic E-state index is -0.157. The second-order valence-electron chi connectivity index (χ2n) is 7.51. The average Bonchev–Trinajstić information content (AvgIpc) is 3.22. The van der Waals surface area contributed by atoms with Gasteiger partial charge < -0.3 is 5.32 Å². The Morgan fingerprint density at radius 1 is 1.17 bits per heavy atom. The fourth-order valence-corrected chi connectivity index (χ4v) is 4.66. The third-order valence-electron chi connectivity index (χ3n) is 5.25. The highest BCUT2D eigenvalue weighted by Gasteiger charge is 2.14. The lowest BCUT2D eigenvalue weighted by Crippen LogP contribution is -2.32. The number of carbonyl (C=O) groups excluding carboxylic acids is 1. The van der Waals surface area contributed by atoms with Crippen LogP contribution >= 0.6 is 23.4 Å². The zero-order chi connectivity index (χ0) is 20.9. The van der Waals surface area contributed by atoms with Crippen LogP contribution in [-0.2, 0) is 13.1 Å². The molecular weight excluding hydrogens is 416 g/mol. The van der Waals surface area contributed by atoms with Crippen LogP contribution in [0.4, 0.5) is 5.69 Å². The Kier molecular flexibility index (Phi) is 6.77. The zero-order valence-electron chi connectivity index (χ0n) is 17.0. The van der Waals surface area contributed by atoms with Crippen LogP contribution in [-0.4, -0.2) is 45.2 Å². The predicted octanol–water partition coefficient (Wildman–Crippen LogP) is 4.69. The molecule has 0 radical (unpaired) electrons. The molecule has 30 heavy (non-hydrogen) atoms. The molecule has 0 aliphatic carbocycles. The van der Waals surface area contributed by atoms with E-state index in [-0.39, 0.29) is 5.91 Å². The van der Waals surface area contributed by atoms with E-state index in [0.717, 1.165) is 36.4 Å². The number of thioether (sulfide) groups is 1. The number of anilines is 1. The first kappa shape index (κ1) is 21.0. The maximum Gasteiger partial charge on any atom is 0.258 e. The number of carbonyl (C=O) groups is 1. The van der Waals surface area contributed by atoms with Crippen molar-refractivity contribution in [2.24, 2.45) is 0 Å². The molecule has 1 amide bonds. The lowest BCUT2D eigenvalue weighted by Gasteiger charge is -2.26. The van der Waals surface area contributed by atoms with Gasteiger partial charge in [0, 0.05) is 48.0 Å². The quantitative estimate of drug-likeness (QED) is 0.603. The lowest BCUT2D eigenvalue weighted by molar-refractivity contribution is 0.102. The van der Waals surface area contributed by atoms with Crippen LogP contribution in [0.2, 0.25) is 5.02 Å². The Bertz CT molecular complexity index is 1030. The largest absolute Gasteiger partial charge is 0.322 e. The van der Waals surface area contributed by atoms with Gasteiger partial charge in [0.15, 0.2) is 0 Å². The molecule has 1 saturated heterocycles. The molecule has 3 aromatic rings. The fraction of sp³-hybridized carbons (Fsp3) is 0.304. The van der Waals surface area contributed by atoms with Crippen molar-refractivity contribution >= 4 is 35.0 Å². The molecule has 0 bridgehead atoms. The van der Waals surface area contributed by atoms with Gasteiger partial charge in [-0.2, -0.15) is 16.9 Å². The molecule has 1 fully saturated rings. The number of halogens is 1. The van der Waals surface area contributed by atoms with E-state index in [0.29, 0.717) is 17.1 Å². The van der Waals surface area contributed by atoms with E-state index in [9.17, 15) is 4.79 Å². The third-order valence-corrected chi connectivity index (χ3v) is 6.56. The number of aromatic nitrogens is 2. The van der Waals surface area contributed by atoms with Crippen molar-refractivity contribution in [3.05, 3.63) is 82.1 Å². The van der Waals surface area contributed by atoms with Crippen molar-refractivity contribution in [2.45, 2.75) is 20.0 Å². The second kappa shape index (κ2) is 9.69. The molecule has 1 aliphatic heterocycles. The van der Waals surface area contributed by atoms with Crippen molar-refractivity contribution < 1.29 is 4.79 Å². The van der Waals surface area contributed by atoms with E-state index >= 15 is 0 Å². The summed E-state index contributed by atoms with van der Waals surface area (Å²) in [5.41, 5.74) is 4.61. The van der Waals surface area contributed by atoms with Crippen molar-refractivity contribution in [3.63, 3.8) is 0 Å². The predicted molar refractivity (Wildman–Crippen MR) is 125 cm³/mol. The maximum absolute atomic E-state index is 12.8. The summed E-state index contributed by atoms with van der Waals surface area (Å²) in [6, 6.07) is 14.0. The van der Waals surface area contributed by atoms with Gasteiger partial charge in [-0.1, -0.05) is 41.9 Å². The van der Waals surface area contributed by atoms with Crippen molar-refractivity contribution in [1.82, 2.24) is 14.7 Å². The molecule has 1 aromatic heterocycles. The highest BCUT2D eigenvalue weighted by atomic mass is 35.5. The topological polar surface area (TPSA) is 50.2 Å². The first-order valence-electron chi connectivity index (χ1n) is 10.1. The first-order chi connectivity index (χ1) is 14.6. The molecule has 4 rings (SSSR count). The smallest absolute Gasteiger partial charge is 0.258 e. The molecular formula is C23H25ClN4OS. The minimum absolute atomic E-state index is 0.157. The highest BCUT2D eigenvalue weighted by molar-refractivity contribution is 7.99. The van der Waals surface area contributed by atoms with Crippen LogP contribution in [0.25, 0.3) is 0 Å². The molecule has 156 valence electrons. The van der Waals surface area contributed by atoms with E-state index in [1.54, 1.807) is 17.1 Å². The summed E-state index contributed by atoms with van der Waals surface area (Å²) in [4.78, 5) is 15.3. The maximum atomic E-state index is 12.8. The van der Waals surface area contributed by atoms with E-state index in [4.69, 9.17) is 11.6 Å². The second-order valence-corrected chi connectivity index (χ2v) is 9.14. The molecule has 1 N–H and O–H groups in total. The molecule has 2 heterocycles. The third kappa shape index (κ3) is 5.25. The van der Waals surface area contributed by atoms with Crippen LogP contribution in [0.3, 0.4) is 0 Å². The zero-order valence-corrected chi connectivity index (χ0v) is 18.5. The summed E-state index contributed by atoms with van der Waals surface area (Å²) >= 11 is 8.24. The Morgan fingerprint density at radius 3 is 2.77 bits per heavy atom. The van der Waals surface area contributed by atoms with Crippen LogP contribution in [0.15, 0.2) is 54.9 Å². The summed E-state index contributed by atoms with van der Waals surface area (Å²) in [7, 11) is 0. The van der Waals surface area contributed by atoms with Gasteiger partial charge in [0.25, 0.3) is 5.91 Å². The molecule has 0 atom stereocenters. The number of benzene rings is 2. The Morgan fingerprint density at radius 2 is 1.97 bits per heavy atom. The number of aryl methyl sites for hydroxylation is 1. The summed E-state index contributed by atoms with van der Waals surface area (Å²) in [6.45, 7) is 5.68. The Balaban J connectivity index is 1.43. The van der Waals surface area contributed by atoms with Crippen LogP contribution in [0, 0.1) is 6.92 Å². The van der Waals surface area contributed by atoms with E-state index in [2.05, 4.69) is 33.5 Å². The van der Waals surface area contributed by atoms with Gasteiger partial charge in [-0.15, -0.1) is 0 Å². The van der Waals surface area contributed by atoms with Gasteiger partial charge in [-0.05, 0) is 35.7 Å². The van der Waals surface area contributed by atoms with Crippen LogP contribution in [0.1, 0.15) is 27.0 Å². The molecule has 0 saturated carbocycles. The molecule has 5 nitrogen and oxygen atoms in total. The normalized spacial score (nSPS) is 14.6. The molecule has 2 aromatic carbocycles. The van der Waals surface area contributed by atoms with Crippen LogP contribution < -0.4 is 5.32 Å². The SMILES string of the molecule is Cc1ccc(CN2CCSCC2)cc1NC(=O)c1cnn(Cc2ccccc2Cl)c1. The molecule has 7 heteroatoms. The number of hydrogen-bond acceptors (Lipinski definition) is 4.